The van der Waals surface area contributed by atoms with Gasteiger partial charge in [0.1, 0.15) is 0 Å². The predicted molar refractivity (Wildman–Crippen MR) is 77.8 cm³/mol. The van der Waals surface area contributed by atoms with E-state index >= 15 is 0 Å². The van der Waals surface area contributed by atoms with E-state index in [1.165, 1.54) is 0 Å². The highest BCUT2D eigenvalue weighted by Gasteiger charge is 2.63. The van der Waals surface area contributed by atoms with Crippen molar-refractivity contribution in [2.75, 3.05) is 12.4 Å². The molecule has 0 bridgehead atoms. The van der Waals surface area contributed by atoms with Crippen LogP contribution in [0.15, 0.2) is 29.6 Å². The molecule has 1 aromatic carbocycles. The van der Waals surface area contributed by atoms with Gasteiger partial charge in [0.25, 0.3) is 0 Å². The topological polar surface area (TPSA) is 51.2 Å². The van der Waals surface area contributed by atoms with Gasteiger partial charge in [0.15, 0.2) is 5.13 Å². The van der Waals surface area contributed by atoms with E-state index in [0.29, 0.717) is 12.8 Å². The maximum absolute atomic E-state index is 13.7. The molecule has 9 heteroatoms. The molecular formula is C14H12F4N2O2S. The molecule has 4 nitrogen and oxygen atoms in total. The van der Waals surface area contributed by atoms with Gasteiger partial charge >= 0.3 is 17.9 Å². The third-order valence-electron chi connectivity index (χ3n) is 3.01. The number of nitrogens with zero attached hydrogens (tertiary/aromatic N) is 1. The van der Waals surface area contributed by atoms with Gasteiger partial charge in [-0.25, -0.2) is 4.98 Å². The van der Waals surface area contributed by atoms with E-state index in [0.717, 1.165) is 22.5 Å². The Balaban J connectivity index is 2.19. The van der Waals surface area contributed by atoms with Gasteiger partial charge in [-0.1, -0.05) is 29.8 Å². The number of methoxy groups -OCH3 is 1. The number of halogens is 4. The number of ether oxygens (including phenoxy) is 1. The van der Waals surface area contributed by atoms with Crippen LogP contribution < -0.4 is 5.32 Å². The fourth-order valence-corrected chi connectivity index (χ4v) is 2.42. The number of carbonyl (C=O) groups excluding carboxylic acids is 1. The number of rotatable bonds is 4. The minimum absolute atomic E-state index is 0.158. The first kappa shape index (κ1) is 17.4. The molecular weight excluding hydrogens is 336 g/mol. The first-order chi connectivity index (χ1) is 10.7. The number of aryl methyl sites for hydroxylation is 1. The van der Waals surface area contributed by atoms with E-state index in [1.54, 1.807) is 22.8 Å². The Morgan fingerprint density at radius 2 is 1.83 bits per heavy atom. The Hall–Kier alpha value is -2.00. The summed E-state index contributed by atoms with van der Waals surface area (Å²) < 4.78 is 55.2. The first-order valence-corrected chi connectivity index (χ1v) is 7.20. The van der Waals surface area contributed by atoms with Crippen LogP contribution in [-0.2, 0) is 9.53 Å². The molecule has 124 valence electrons. The monoisotopic (exact) mass is 348 g/mol. The summed E-state index contributed by atoms with van der Waals surface area (Å²) in [4.78, 5) is 15.5. The maximum atomic E-state index is 13.7. The molecule has 0 aliphatic carbocycles. The number of hydrogen-bond donors (Lipinski definition) is 1. The second kappa shape index (κ2) is 6.25. The van der Waals surface area contributed by atoms with Crippen molar-refractivity contribution in [3.8, 4) is 11.3 Å². The average molecular weight is 348 g/mol. The summed E-state index contributed by atoms with van der Waals surface area (Å²) >= 11 is 0.882. The number of benzene rings is 1. The van der Waals surface area contributed by atoms with Crippen LogP contribution in [0.5, 0.6) is 0 Å². The summed E-state index contributed by atoms with van der Waals surface area (Å²) in [6, 6.07) is 7.24. The Kier molecular flexibility index (Phi) is 4.71. The number of carbonyl (C=O) groups is 1. The second-order valence-electron chi connectivity index (χ2n) is 4.66. The van der Waals surface area contributed by atoms with Crippen LogP contribution >= 0.6 is 11.3 Å². The molecule has 0 aliphatic heterocycles. The summed E-state index contributed by atoms with van der Waals surface area (Å²) in [6.07, 6.45) is -5.50. The number of anilines is 1. The lowest BCUT2D eigenvalue weighted by Crippen LogP contribution is -2.52. The van der Waals surface area contributed by atoms with Crippen molar-refractivity contribution in [3.63, 3.8) is 0 Å². The molecule has 1 amide bonds. The number of hydrogen-bond acceptors (Lipinski definition) is 4. The minimum atomic E-state index is -5.50. The number of amides is 1. The fraction of sp³-hybridized carbons (Fsp3) is 0.286. The molecule has 1 aromatic heterocycles. The third-order valence-corrected chi connectivity index (χ3v) is 3.77. The van der Waals surface area contributed by atoms with Crippen LogP contribution in [0, 0.1) is 6.92 Å². The first-order valence-electron chi connectivity index (χ1n) is 6.32. The predicted octanol–water partition coefficient (Wildman–Crippen LogP) is 3.93. The van der Waals surface area contributed by atoms with Gasteiger partial charge in [-0.2, -0.15) is 17.6 Å². The zero-order valence-corrected chi connectivity index (χ0v) is 12.9. The summed E-state index contributed by atoms with van der Waals surface area (Å²) in [5, 5.41) is 3.17. The number of aromatic nitrogens is 1. The van der Waals surface area contributed by atoms with Crippen LogP contribution in [0.1, 0.15) is 5.56 Å². The fourth-order valence-electron chi connectivity index (χ4n) is 1.70. The standard InChI is InChI=1S/C14H12F4N2O2S/c1-8-3-5-9(6-4-8)10-7-23-12(19-10)20-11(21)13(15,22-2)14(16,17)18/h3-7H,1-2H3,(H,19,20,21)/t13-/m0/s1. The summed E-state index contributed by atoms with van der Waals surface area (Å²) in [6.45, 7) is 1.90. The molecule has 1 atom stereocenters. The van der Waals surface area contributed by atoms with Crippen molar-refractivity contribution in [1.29, 1.82) is 0 Å². The molecule has 0 unspecified atom stereocenters. The van der Waals surface area contributed by atoms with Crippen molar-refractivity contribution < 1.29 is 27.1 Å². The largest absolute Gasteiger partial charge is 0.458 e. The van der Waals surface area contributed by atoms with E-state index < -0.39 is 17.9 Å². The van der Waals surface area contributed by atoms with Gasteiger partial charge in [-0.3, -0.25) is 10.1 Å². The normalized spacial score (nSPS) is 14.3. The Morgan fingerprint density at radius 1 is 1.22 bits per heavy atom. The van der Waals surface area contributed by atoms with Crippen molar-refractivity contribution >= 4 is 22.4 Å². The lowest BCUT2D eigenvalue weighted by atomic mass is 10.1. The smallest absolute Gasteiger partial charge is 0.335 e. The SMILES string of the molecule is CO[C@@](F)(C(=O)Nc1nc(-c2ccc(C)cc2)cs1)C(F)(F)F. The maximum Gasteiger partial charge on any atom is 0.458 e. The summed E-state index contributed by atoms with van der Waals surface area (Å²) in [7, 11) is 0.465. The molecule has 0 saturated carbocycles. The summed E-state index contributed by atoms with van der Waals surface area (Å²) in [5.74, 6) is -6.40. The molecule has 0 aliphatic rings. The molecule has 1 N–H and O–H groups in total. The summed E-state index contributed by atoms with van der Waals surface area (Å²) in [5.41, 5.74) is 2.21. The highest BCUT2D eigenvalue weighted by molar-refractivity contribution is 7.14. The van der Waals surface area contributed by atoms with Crippen LogP contribution in [0.2, 0.25) is 0 Å². The van der Waals surface area contributed by atoms with Gasteiger partial charge < -0.3 is 4.74 Å². The Bertz CT molecular complexity index is 700. The highest BCUT2D eigenvalue weighted by atomic mass is 32.1. The molecule has 0 fully saturated rings. The van der Waals surface area contributed by atoms with Gasteiger partial charge in [0, 0.05) is 18.1 Å². The van der Waals surface area contributed by atoms with Gasteiger partial charge in [0.05, 0.1) is 5.69 Å². The molecule has 0 radical (unpaired) electrons. The van der Waals surface area contributed by atoms with E-state index in [-0.39, 0.29) is 5.13 Å². The van der Waals surface area contributed by atoms with Gasteiger partial charge in [-0.15, -0.1) is 11.3 Å². The van der Waals surface area contributed by atoms with Crippen LogP contribution in [0.3, 0.4) is 0 Å². The van der Waals surface area contributed by atoms with E-state index in [2.05, 4.69) is 9.72 Å². The van der Waals surface area contributed by atoms with E-state index in [9.17, 15) is 22.4 Å². The number of thiazole rings is 1. The zero-order chi connectivity index (χ0) is 17.3. The van der Waals surface area contributed by atoms with Crippen molar-refractivity contribution in [1.82, 2.24) is 4.98 Å². The van der Waals surface area contributed by atoms with Crippen molar-refractivity contribution in [3.05, 3.63) is 35.2 Å². The third kappa shape index (κ3) is 3.50. The van der Waals surface area contributed by atoms with Gasteiger partial charge in [-0.05, 0) is 6.92 Å². The molecule has 23 heavy (non-hydrogen) atoms. The van der Waals surface area contributed by atoms with Crippen molar-refractivity contribution in [2.24, 2.45) is 0 Å². The van der Waals surface area contributed by atoms with Crippen molar-refractivity contribution in [2.45, 2.75) is 19.0 Å². The highest BCUT2D eigenvalue weighted by Crippen LogP contribution is 2.36. The number of nitrogens with one attached hydrogen (secondary N) is 1. The Labute approximate surface area is 133 Å². The van der Waals surface area contributed by atoms with Crippen LogP contribution in [0.4, 0.5) is 22.7 Å². The second-order valence-corrected chi connectivity index (χ2v) is 5.51. The minimum Gasteiger partial charge on any atom is -0.335 e. The molecule has 2 aromatic rings. The molecule has 2 rings (SSSR count). The van der Waals surface area contributed by atoms with E-state index in [4.69, 9.17) is 0 Å². The lowest BCUT2D eigenvalue weighted by Gasteiger charge is -2.24. The van der Waals surface area contributed by atoms with E-state index in [1.807, 2.05) is 19.1 Å². The van der Waals surface area contributed by atoms with Gasteiger partial charge in [0.2, 0.25) is 0 Å². The number of alkyl halides is 4. The Morgan fingerprint density at radius 3 is 2.35 bits per heavy atom. The van der Waals surface area contributed by atoms with Crippen LogP contribution in [0.25, 0.3) is 11.3 Å². The lowest BCUT2D eigenvalue weighted by molar-refractivity contribution is -0.305. The van der Waals surface area contributed by atoms with Crippen LogP contribution in [-0.4, -0.2) is 30.0 Å². The zero-order valence-electron chi connectivity index (χ0n) is 12.1. The molecule has 1 heterocycles. The molecule has 0 spiro atoms. The quantitative estimate of drug-likeness (QED) is 0.852. The average Bonchev–Trinajstić information content (AvgIpc) is 2.94. The molecule has 0 saturated heterocycles.